The van der Waals surface area contributed by atoms with Crippen LogP contribution in [0.5, 0.6) is 0 Å². The Morgan fingerprint density at radius 1 is 1.07 bits per heavy atom. The highest BCUT2D eigenvalue weighted by molar-refractivity contribution is 6.23. The molecule has 142 valence electrons. The molecule has 1 N–H and O–H groups in total. The summed E-state index contributed by atoms with van der Waals surface area (Å²) in [6, 6.07) is 11.2. The molecule has 2 aromatic rings. The summed E-state index contributed by atoms with van der Waals surface area (Å²) in [4.78, 5) is 37.6. The summed E-state index contributed by atoms with van der Waals surface area (Å²) in [7, 11) is 1.22. The zero-order valence-electron chi connectivity index (χ0n) is 15.1. The Balaban J connectivity index is 2.08. The van der Waals surface area contributed by atoms with Crippen LogP contribution in [0.15, 0.2) is 65.4 Å². The number of anilines is 1. The number of carbonyl (C=O) groups is 3. The highest BCUT2D eigenvalue weighted by Gasteiger charge is 2.37. The van der Waals surface area contributed by atoms with Gasteiger partial charge in [0, 0.05) is 11.4 Å². The maximum atomic E-state index is 13.2. The number of halogens is 1. The van der Waals surface area contributed by atoms with E-state index in [1.165, 1.54) is 66.6 Å². The number of carboxylic acid groups (broad SMARTS) is 1. The molecule has 1 aliphatic rings. The van der Waals surface area contributed by atoms with Crippen molar-refractivity contribution in [3.8, 4) is 0 Å². The van der Waals surface area contributed by atoms with Gasteiger partial charge in [-0.15, -0.1) is 0 Å². The summed E-state index contributed by atoms with van der Waals surface area (Å²) in [6.45, 7) is 1.60. The first kappa shape index (κ1) is 19.0. The molecule has 0 bridgehead atoms. The Bertz CT molecular complexity index is 1020. The molecule has 0 spiro atoms. The van der Waals surface area contributed by atoms with E-state index in [1.807, 2.05) is 0 Å². The minimum absolute atomic E-state index is 0.0964. The number of methoxy groups -OCH3 is 1. The molecule has 3 rings (SSSR count). The van der Waals surface area contributed by atoms with Gasteiger partial charge in [0.05, 0.1) is 23.8 Å². The van der Waals surface area contributed by atoms with Crippen LogP contribution >= 0.6 is 0 Å². The normalized spacial score (nSPS) is 15.3. The lowest BCUT2D eigenvalue weighted by atomic mass is 10.0. The molecule has 0 aromatic heterocycles. The average molecular weight is 381 g/mol. The summed E-state index contributed by atoms with van der Waals surface area (Å²) in [5.74, 6) is -2.65. The maximum absolute atomic E-state index is 13.2. The van der Waals surface area contributed by atoms with Gasteiger partial charge >= 0.3 is 11.9 Å². The van der Waals surface area contributed by atoms with Crippen molar-refractivity contribution in [1.29, 1.82) is 0 Å². The molecule has 0 fully saturated rings. The SMILES string of the molecule is COC(=O)C1=C(C)N(c2ccc(F)cc2)C(=O)/C1=C\c1ccc(C(=O)O)cc1. The van der Waals surface area contributed by atoms with Gasteiger partial charge in [-0.05, 0) is 55.0 Å². The van der Waals surface area contributed by atoms with Crippen molar-refractivity contribution < 1.29 is 28.6 Å². The van der Waals surface area contributed by atoms with Gasteiger partial charge in [-0.3, -0.25) is 9.69 Å². The number of benzene rings is 2. The average Bonchev–Trinajstić information content (AvgIpc) is 2.92. The minimum atomic E-state index is -1.07. The van der Waals surface area contributed by atoms with E-state index >= 15 is 0 Å². The number of hydrogen-bond acceptors (Lipinski definition) is 4. The van der Waals surface area contributed by atoms with Crippen LogP contribution in [0.2, 0.25) is 0 Å². The second kappa shape index (κ2) is 7.48. The lowest BCUT2D eigenvalue weighted by Crippen LogP contribution is -2.24. The lowest BCUT2D eigenvalue weighted by molar-refractivity contribution is -0.136. The molecular weight excluding hydrogens is 365 g/mol. The molecular formula is C21H16FNO5. The van der Waals surface area contributed by atoms with Crippen molar-refractivity contribution >= 4 is 29.6 Å². The summed E-state index contributed by atoms with van der Waals surface area (Å²) in [6.07, 6.45) is 1.49. The van der Waals surface area contributed by atoms with Crippen LogP contribution in [0.4, 0.5) is 10.1 Å². The molecule has 0 unspecified atom stereocenters. The molecule has 1 amide bonds. The zero-order chi connectivity index (χ0) is 20.4. The van der Waals surface area contributed by atoms with Crippen molar-refractivity contribution in [2.75, 3.05) is 12.0 Å². The fourth-order valence-electron chi connectivity index (χ4n) is 2.97. The number of amides is 1. The number of rotatable bonds is 4. The molecule has 0 radical (unpaired) electrons. The van der Waals surface area contributed by atoms with Crippen LogP contribution in [-0.4, -0.2) is 30.1 Å². The van der Waals surface area contributed by atoms with Gasteiger partial charge in [-0.2, -0.15) is 0 Å². The number of allylic oxidation sites excluding steroid dienone is 1. The molecule has 7 heteroatoms. The van der Waals surface area contributed by atoms with Crippen molar-refractivity contribution in [2.24, 2.45) is 0 Å². The largest absolute Gasteiger partial charge is 0.478 e. The number of esters is 1. The predicted octanol–water partition coefficient (Wildman–Crippen LogP) is 3.40. The van der Waals surface area contributed by atoms with E-state index < -0.39 is 23.7 Å². The molecule has 1 aliphatic heterocycles. The van der Waals surface area contributed by atoms with E-state index in [0.717, 1.165) is 0 Å². The second-order valence-electron chi connectivity index (χ2n) is 6.05. The molecule has 0 saturated carbocycles. The van der Waals surface area contributed by atoms with E-state index in [2.05, 4.69) is 0 Å². The van der Waals surface area contributed by atoms with Crippen molar-refractivity contribution in [1.82, 2.24) is 0 Å². The number of ether oxygens (including phenoxy) is 1. The maximum Gasteiger partial charge on any atom is 0.340 e. The molecule has 2 aromatic carbocycles. The Morgan fingerprint density at radius 2 is 1.68 bits per heavy atom. The van der Waals surface area contributed by atoms with Crippen LogP contribution in [0.3, 0.4) is 0 Å². The Morgan fingerprint density at radius 3 is 2.21 bits per heavy atom. The van der Waals surface area contributed by atoms with Crippen molar-refractivity contribution in [3.63, 3.8) is 0 Å². The van der Waals surface area contributed by atoms with Crippen LogP contribution in [-0.2, 0) is 14.3 Å². The molecule has 1 heterocycles. The summed E-state index contributed by atoms with van der Waals surface area (Å²) >= 11 is 0. The van der Waals surface area contributed by atoms with E-state index in [0.29, 0.717) is 16.9 Å². The molecule has 28 heavy (non-hydrogen) atoms. The second-order valence-corrected chi connectivity index (χ2v) is 6.05. The molecule has 6 nitrogen and oxygen atoms in total. The first-order chi connectivity index (χ1) is 13.3. The molecule has 0 atom stereocenters. The third kappa shape index (κ3) is 3.42. The van der Waals surface area contributed by atoms with Crippen LogP contribution in [0.1, 0.15) is 22.8 Å². The highest BCUT2D eigenvalue weighted by atomic mass is 19.1. The van der Waals surface area contributed by atoms with Crippen molar-refractivity contribution in [2.45, 2.75) is 6.92 Å². The Labute approximate surface area is 160 Å². The third-order valence-electron chi connectivity index (χ3n) is 4.34. The number of nitrogens with zero attached hydrogens (tertiary/aromatic N) is 1. The lowest BCUT2D eigenvalue weighted by Gasteiger charge is -2.17. The molecule has 0 aliphatic carbocycles. The number of carbonyl (C=O) groups excluding carboxylic acids is 2. The van der Waals surface area contributed by atoms with E-state index in [1.54, 1.807) is 6.92 Å². The highest BCUT2D eigenvalue weighted by Crippen LogP contribution is 2.35. The number of aromatic carboxylic acids is 1. The van der Waals surface area contributed by atoms with Crippen molar-refractivity contribution in [3.05, 3.63) is 82.3 Å². The standard InChI is InChI=1S/C21H16FNO5/c1-12-18(21(27)28-2)17(11-13-3-5-14(6-4-13)20(25)26)19(24)23(12)16-9-7-15(22)8-10-16/h3-11H,1-2H3,(H,25,26)/b17-11-. The van der Waals surface area contributed by atoms with E-state index in [9.17, 15) is 18.8 Å². The third-order valence-corrected chi connectivity index (χ3v) is 4.34. The van der Waals surface area contributed by atoms with Gasteiger partial charge in [0.15, 0.2) is 0 Å². The Kier molecular flexibility index (Phi) is 5.08. The predicted molar refractivity (Wildman–Crippen MR) is 100.0 cm³/mol. The topological polar surface area (TPSA) is 83.9 Å². The Hall–Kier alpha value is -3.74. The van der Waals surface area contributed by atoms with Crippen LogP contribution in [0.25, 0.3) is 6.08 Å². The van der Waals surface area contributed by atoms with Gasteiger partial charge in [0.25, 0.3) is 5.91 Å². The first-order valence-corrected chi connectivity index (χ1v) is 8.28. The number of carboxylic acids is 1. The van der Waals surface area contributed by atoms with Gasteiger partial charge < -0.3 is 9.84 Å². The van der Waals surface area contributed by atoms with Gasteiger partial charge in [0.2, 0.25) is 0 Å². The summed E-state index contributed by atoms with van der Waals surface area (Å²) < 4.78 is 18.1. The van der Waals surface area contributed by atoms with Crippen LogP contribution < -0.4 is 4.90 Å². The summed E-state index contributed by atoms with van der Waals surface area (Å²) in [5.41, 5.74) is 1.62. The van der Waals surface area contributed by atoms with E-state index in [4.69, 9.17) is 9.84 Å². The monoisotopic (exact) mass is 381 g/mol. The van der Waals surface area contributed by atoms with Gasteiger partial charge in [-0.1, -0.05) is 12.1 Å². The fourth-order valence-corrected chi connectivity index (χ4v) is 2.97. The van der Waals surface area contributed by atoms with Gasteiger partial charge in [-0.25, -0.2) is 14.0 Å². The quantitative estimate of drug-likeness (QED) is 0.648. The molecule has 0 saturated heterocycles. The fraction of sp³-hybridized carbons (Fsp3) is 0.0952. The zero-order valence-corrected chi connectivity index (χ0v) is 15.1. The summed E-state index contributed by atoms with van der Waals surface area (Å²) in [5, 5.41) is 8.99. The number of hydrogen-bond donors (Lipinski definition) is 1. The first-order valence-electron chi connectivity index (χ1n) is 8.28. The smallest absolute Gasteiger partial charge is 0.340 e. The van der Waals surface area contributed by atoms with Crippen LogP contribution in [0, 0.1) is 5.82 Å². The van der Waals surface area contributed by atoms with Gasteiger partial charge in [0.1, 0.15) is 5.82 Å². The minimum Gasteiger partial charge on any atom is -0.478 e. The van der Waals surface area contributed by atoms with E-state index in [-0.39, 0.29) is 16.7 Å².